The van der Waals surface area contributed by atoms with Gasteiger partial charge >= 0.3 is 0 Å². The number of aromatic nitrogens is 2. The zero-order valence-electron chi connectivity index (χ0n) is 17.8. The van der Waals surface area contributed by atoms with Gasteiger partial charge in [0.25, 0.3) is 5.91 Å². The molecule has 0 radical (unpaired) electrons. The van der Waals surface area contributed by atoms with Crippen molar-refractivity contribution in [3.63, 3.8) is 0 Å². The molecule has 2 saturated heterocycles. The minimum absolute atomic E-state index is 0.0576. The lowest BCUT2D eigenvalue weighted by molar-refractivity contribution is -0.0192. The second-order valence-corrected chi connectivity index (χ2v) is 8.14. The molecule has 3 aromatic rings. The molecule has 0 atom stereocenters. The highest BCUT2D eigenvalue weighted by molar-refractivity contribution is 6.01. The summed E-state index contributed by atoms with van der Waals surface area (Å²) in [4.78, 5) is 22.1. The number of nitriles is 1. The molecule has 32 heavy (non-hydrogen) atoms. The van der Waals surface area contributed by atoms with Crippen molar-refractivity contribution >= 4 is 16.9 Å². The van der Waals surface area contributed by atoms with Crippen molar-refractivity contribution in [2.75, 3.05) is 33.4 Å². The van der Waals surface area contributed by atoms with Gasteiger partial charge < -0.3 is 24.1 Å². The van der Waals surface area contributed by atoms with E-state index in [9.17, 15) is 10.1 Å². The summed E-state index contributed by atoms with van der Waals surface area (Å²) in [5, 5.41) is 10.5. The van der Waals surface area contributed by atoms with Crippen molar-refractivity contribution in [3.05, 3.63) is 47.8 Å². The van der Waals surface area contributed by atoms with Crippen LogP contribution >= 0.6 is 0 Å². The first kappa shape index (κ1) is 20.5. The number of carbonyl (C=O) groups excluding carboxylic acids is 1. The Bertz CT molecular complexity index is 1190. The van der Waals surface area contributed by atoms with E-state index >= 15 is 0 Å². The van der Waals surface area contributed by atoms with Crippen LogP contribution in [0.2, 0.25) is 0 Å². The Morgan fingerprint density at radius 2 is 2.06 bits per heavy atom. The lowest BCUT2D eigenvalue weighted by Gasteiger charge is -2.38. The minimum atomic E-state index is -0.0576. The highest BCUT2D eigenvalue weighted by Gasteiger charge is 2.31. The minimum Gasteiger partial charge on any atom is -0.489 e. The normalized spacial score (nSPS) is 17.2. The molecule has 2 aliphatic heterocycles. The number of methoxy groups -OCH3 is 1. The predicted octanol–water partition coefficient (Wildman–Crippen LogP) is 3.13. The van der Waals surface area contributed by atoms with Gasteiger partial charge in [-0.2, -0.15) is 5.26 Å². The highest BCUT2D eigenvalue weighted by atomic mass is 16.5. The van der Waals surface area contributed by atoms with Gasteiger partial charge in [-0.3, -0.25) is 4.79 Å². The van der Waals surface area contributed by atoms with Crippen LogP contribution < -0.4 is 4.74 Å². The van der Waals surface area contributed by atoms with E-state index in [4.69, 9.17) is 14.2 Å². The fourth-order valence-electron chi connectivity index (χ4n) is 4.16. The number of carbonyl (C=O) groups is 1. The monoisotopic (exact) mass is 432 g/mol. The van der Waals surface area contributed by atoms with Gasteiger partial charge in [0.1, 0.15) is 23.6 Å². The molecular weight excluding hydrogens is 408 g/mol. The molecular formula is C24H24N4O4. The van der Waals surface area contributed by atoms with Crippen LogP contribution in [0.4, 0.5) is 0 Å². The molecule has 0 bridgehead atoms. The fourth-order valence-corrected chi connectivity index (χ4v) is 4.16. The van der Waals surface area contributed by atoms with Crippen LogP contribution in [0.25, 0.3) is 22.2 Å². The van der Waals surface area contributed by atoms with E-state index in [1.165, 1.54) is 0 Å². The third-order valence-electron chi connectivity index (χ3n) is 6.12. The molecule has 2 aromatic heterocycles. The van der Waals surface area contributed by atoms with Gasteiger partial charge in [0.2, 0.25) is 0 Å². The molecule has 0 aliphatic carbocycles. The summed E-state index contributed by atoms with van der Waals surface area (Å²) in [5.41, 5.74) is 3.45. The number of amides is 1. The molecule has 0 unspecified atom stereocenters. The van der Waals surface area contributed by atoms with Crippen LogP contribution in [0.3, 0.4) is 0 Å². The number of aromatic amines is 1. The third kappa shape index (κ3) is 3.81. The van der Waals surface area contributed by atoms with Gasteiger partial charge in [0.15, 0.2) is 0 Å². The molecule has 4 heterocycles. The lowest BCUT2D eigenvalue weighted by Crippen LogP contribution is -2.54. The topological polar surface area (TPSA) is 100 Å². The van der Waals surface area contributed by atoms with Crippen molar-refractivity contribution in [2.24, 2.45) is 0 Å². The molecule has 8 nitrogen and oxygen atoms in total. The summed E-state index contributed by atoms with van der Waals surface area (Å²) < 4.78 is 16.7. The first-order valence-corrected chi connectivity index (χ1v) is 10.7. The van der Waals surface area contributed by atoms with Crippen molar-refractivity contribution < 1.29 is 19.0 Å². The van der Waals surface area contributed by atoms with E-state index in [2.05, 4.69) is 16.0 Å². The highest BCUT2D eigenvalue weighted by Crippen LogP contribution is 2.33. The number of likely N-dealkylation sites (tertiary alicyclic amines) is 1. The summed E-state index contributed by atoms with van der Waals surface area (Å²) in [6.45, 7) is 2.54. The maximum atomic E-state index is 12.8. The Morgan fingerprint density at radius 1 is 1.25 bits per heavy atom. The summed E-state index contributed by atoms with van der Waals surface area (Å²) in [6, 6.07) is 9.71. The summed E-state index contributed by atoms with van der Waals surface area (Å²) >= 11 is 0. The number of H-pyrrole nitrogens is 1. The zero-order chi connectivity index (χ0) is 22.1. The molecule has 0 spiro atoms. The third-order valence-corrected chi connectivity index (χ3v) is 6.12. The van der Waals surface area contributed by atoms with Crippen molar-refractivity contribution in [3.8, 4) is 22.9 Å². The van der Waals surface area contributed by atoms with Crippen molar-refractivity contribution in [1.82, 2.24) is 14.9 Å². The number of nitrogens with one attached hydrogen (secondary N) is 1. The van der Waals surface area contributed by atoms with Crippen LogP contribution in [0.5, 0.6) is 5.75 Å². The molecule has 164 valence electrons. The standard InChI is InChI=1S/C24H24N4O4/c1-30-19-13-28(14-19)24(29)17-9-20-21(12-27-23(20)26-11-17)15-2-3-22(16(8-15)10-25)32-18-4-6-31-7-5-18/h2-3,8-9,11-12,18-19H,4-7,13-14H2,1H3,(H,26,27). The van der Waals surface area contributed by atoms with Gasteiger partial charge in [-0.05, 0) is 23.8 Å². The van der Waals surface area contributed by atoms with Crippen LogP contribution in [0.15, 0.2) is 36.7 Å². The number of hydrogen-bond acceptors (Lipinski definition) is 6. The Balaban J connectivity index is 1.42. The molecule has 0 saturated carbocycles. The number of benzene rings is 1. The zero-order valence-corrected chi connectivity index (χ0v) is 17.8. The molecule has 1 aromatic carbocycles. The van der Waals surface area contributed by atoms with E-state index in [0.29, 0.717) is 48.8 Å². The molecule has 2 fully saturated rings. The van der Waals surface area contributed by atoms with Crippen LogP contribution in [-0.4, -0.2) is 66.4 Å². The average Bonchev–Trinajstić information content (AvgIpc) is 3.22. The number of pyridine rings is 1. The number of ether oxygens (including phenoxy) is 3. The van der Waals surface area contributed by atoms with Gasteiger partial charge in [0, 0.05) is 56.4 Å². The maximum Gasteiger partial charge on any atom is 0.255 e. The van der Waals surface area contributed by atoms with Gasteiger partial charge in [-0.25, -0.2) is 4.98 Å². The Morgan fingerprint density at radius 3 is 2.81 bits per heavy atom. The van der Waals surface area contributed by atoms with Crippen LogP contribution in [-0.2, 0) is 9.47 Å². The number of hydrogen-bond donors (Lipinski definition) is 1. The Hall–Kier alpha value is -3.41. The molecule has 1 amide bonds. The SMILES string of the molecule is COC1CN(C(=O)c2cnc3[nH]cc(-c4ccc(OC5CCOCC5)c(C#N)c4)c3c2)C1. The average molecular weight is 432 g/mol. The van der Waals surface area contributed by atoms with E-state index in [1.54, 1.807) is 18.2 Å². The fraction of sp³-hybridized carbons (Fsp3) is 0.375. The lowest BCUT2D eigenvalue weighted by atomic mass is 10.0. The maximum absolute atomic E-state index is 12.8. The number of nitrogens with zero attached hydrogens (tertiary/aromatic N) is 3. The second kappa shape index (κ2) is 8.61. The molecule has 5 rings (SSSR count). The smallest absolute Gasteiger partial charge is 0.255 e. The summed E-state index contributed by atoms with van der Waals surface area (Å²) in [6.07, 6.45) is 5.25. The van der Waals surface area contributed by atoms with Gasteiger partial charge in [0.05, 0.1) is 30.4 Å². The van der Waals surface area contributed by atoms with E-state index in [-0.39, 0.29) is 18.1 Å². The van der Waals surface area contributed by atoms with E-state index in [0.717, 1.165) is 29.4 Å². The van der Waals surface area contributed by atoms with Crippen molar-refractivity contribution in [1.29, 1.82) is 5.26 Å². The largest absolute Gasteiger partial charge is 0.489 e. The number of rotatable bonds is 5. The Kier molecular flexibility index (Phi) is 5.52. The molecule has 1 N–H and O–H groups in total. The second-order valence-electron chi connectivity index (χ2n) is 8.14. The molecule has 8 heteroatoms. The summed E-state index contributed by atoms with van der Waals surface area (Å²) in [5.74, 6) is 0.528. The van der Waals surface area contributed by atoms with Crippen LogP contribution in [0.1, 0.15) is 28.8 Å². The van der Waals surface area contributed by atoms with E-state index < -0.39 is 0 Å². The first-order valence-electron chi connectivity index (χ1n) is 10.7. The number of fused-ring (bicyclic) bond motifs is 1. The van der Waals surface area contributed by atoms with E-state index in [1.807, 2.05) is 30.5 Å². The first-order chi connectivity index (χ1) is 15.7. The van der Waals surface area contributed by atoms with Crippen LogP contribution in [0, 0.1) is 11.3 Å². The van der Waals surface area contributed by atoms with Gasteiger partial charge in [-0.1, -0.05) is 6.07 Å². The quantitative estimate of drug-likeness (QED) is 0.665. The van der Waals surface area contributed by atoms with Gasteiger partial charge in [-0.15, -0.1) is 0 Å². The Labute approximate surface area is 185 Å². The predicted molar refractivity (Wildman–Crippen MR) is 117 cm³/mol. The summed E-state index contributed by atoms with van der Waals surface area (Å²) in [7, 11) is 1.65. The van der Waals surface area contributed by atoms with Crippen molar-refractivity contribution in [2.45, 2.75) is 25.0 Å². The molecule has 2 aliphatic rings.